The Morgan fingerprint density at radius 1 is 0.833 bits per heavy atom. The molecule has 0 unspecified atom stereocenters. The van der Waals surface area contributed by atoms with Crippen LogP contribution in [0.4, 0.5) is 11.4 Å². The lowest BCUT2D eigenvalue weighted by Crippen LogP contribution is -2.20. The molecule has 0 fully saturated rings. The Labute approximate surface area is 172 Å². The molecule has 6 heteroatoms. The smallest absolute Gasteiger partial charge is 0.269 e. The SMILES string of the molecule is O=C(COc1ccc2ccccc2c1)Nc1ccc(-c2ccc([N+](=O)[O-])cc2)cc1. The number of hydrogen-bond acceptors (Lipinski definition) is 4. The number of nitro benzene ring substituents is 1. The molecule has 0 aliphatic carbocycles. The van der Waals surface area contributed by atoms with Crippen LogP contribution in [0.3, 0.4) is 0 Å². The highest BCUT2D eigenvalue weighted by molar-refractivity contribution is 5.92. The highest BCUT2D eigenvalue weighted by Gasteiger charge is 2.07. The van der Waals surface area contributed by atoms with Gasteiger partial charge < -0.3 is 10.1 Å². The molecule has 148 valence electrons. The van der Waals surface area contributed by atoms with E-state index in [0.29, 0.717) is 11.4 Å². The van der Waals surface area contributed by atoms with E-state index in [1.54, 1.807) is 24.3 Å². The second-order valence-electron chi connectivity index (χ2n) is 6.73. The summed E-state index contributed by atoms with van der Waals surface area (Å²) < 4.78 is 5.60. The molecular formula is C24H18N2O4. The molecule has 0 aromatic heterocycles. The van der Waals surface area contributed by atoms with Crippen molar-refractivity contribution in [2.75, 3.05) is 11.9 Å². The third-order valence-electron chi connectivity index (χ3n) is 4.67. The van der Waals surface area contributed by atoms with Gasteiger partial charge >= 0.3 is 0 Å². The number of nitrogens with one attached hydrogen (secondary N) is 1. The van der Waals surface area contributed by atoms with E-state index in [9.17, 15) is 14.9 Å². The number of hydrogen-bond donors (Lipinski definition) is 1. The van der Waals surface area contributed by atoms with Gasteiger partial charge in [-0.3, -0.25) is 14.9 Å². The maximum Gasteiger partial charge on any atom is 0.269 e. The molecule has 0 saturated heterocycles. The summed E-state index contributed by atoms with van der Waals surface area (Å²) in [5, 5.41) is 15.7. The summed E-state index contributed by atoms with van der Waals surface area (Å²) in [5.41, 5.74) is 2.45. The molecule has 0 aliphatic heterocycles. The van der Waals surface area contributed by atoms with Gasteiger partial charge in [0.1, 0.15) is 5.75 Å². The minimum absolute atomic E-state index is 0.0500. The van der Waals surface area contributed by atoms with Crippen molar-refractivity contribution >= 4 is 28.1 Å². The maximum atomic E-state index is 12.2. The van der Waals surface area contributed by atoms with Crippen LogP contribution < -0.4 is 10.1 Å². The van der Waals surface area contributed by atoms with Gasteiger partial charge in [-0.05, 0) is 58.3 Å². The van der Waals surface area contributed by atoms with E-state index >= 15 is 0 Å². The molecule has 0 aliphatic rings. The molecule has 0 heterocycles. The highest BCUT2D eigenvalue weighted by Crippen LogP contribution is 2.24. The predicted molar refractivity (Wildman–Crippen MR) is 117 cm³/mol. The first-order valence-corrected chi connectivity index (χ1v) is 9.35. The zero-order valence-corrected chi connectivity index (χ0v) is 15.9. The minimum Gasteiger partial charge on any atom is -0.484 e. The second kappa shape index (κ2) is 8.45. The number of carbonyl (C=O) groups is 1. The van der Waals surface area contributed by atoms with Crippen LogP contribution in [0.5, 0.6) is 5.75 Å². The van der Waals surface area contributed by atoms with Gasteiger partial charge in [-0.2, -0.15) is 0 Å². The summed E-state index contributed by atoms with van der Waals surface area (Å²) >= 11 is 0. The van der Waals surface area contributed by atoms with E-state index in [1.807, 2.05) is 54.6 Å². The van der Waals surface area contributed by atoms with Gasteiger partial charge in [0.05, 0.1) is 4.92 Å². The van der Waals surface area contributed by atoms with Crippen molar-refractivity contribution in [2.45, 2.75) is 0 Å². The minimum atomic E-state index is -0.428. The average molecular weight is 398 g/mol. The number of anilines is 1. The van der Waals surface area contributed by atoms with E-state index < -0.39 is 4.92 Å². The molecule has 4 rings (SSSR count). The van der Waals surface area contributed by atoms with Gasteiger partial charge in [0.15, 0.2) is 6.61 Å². The summed E-state index contributed by atoms with van der Waals surface area (Å²) in [6.45, 7) is -0.0948. The third kappa shape index (κ3) is 4.44. The molecule has 30 heavy (non-hydrogen) atoms. The van der Waals surface area contributed by atoms with Crippen molar-refractivity contribution in [1.29, 1.82) is 0 Å². The van der Waals surface area contributed by atoms with Crippen molar-refractivity contribution in [3.63, 3.8) is 0 Å². The molecule has 0 saturated carbocycles. The molecular weight excluding hydrogens is 380 g/mol. The number of non-ortho nitro benzene ring substituents is 1. The van der Waals surface area contributed by atoms with Crippen LogP contribution in [0, 0.1) is 10.1 Å². The van der Waals surface area contributed by atoms with Crippen LogP contribution in [0.25, 0.3) is 21.9 Å². The van der Waals surface area contributed by atoms with Crippen LogP contribution in [-0.4, -0.2) is 17.4 Å². The van der Waals surface area contributed by atoms with Crippen LogP contribution in [0.15, 0.2) is 91.0 Å². The second-order valence-corrected chi connectivity index (χ2v) is 6.73. The predicted octanol–water partition coefficient (Wildman–Crippen LogP) is 5.43. The lowest BCUT2D eigenvalue weighted by molar-refractivity contribution is -0.384. The van der Waals surface area contributed by atoms with E-state index in [2.05, 4.69) is 5.32 Å². The Morgan fingerprint density at radius 3 is 2.13 bits per heavy atom. The summed E-state index contributed by atoms with van der Waals surface area (Å²) in [5.74, 6) is 0.378. The normalized spacial score (nSPS) is 10.5. The van der Waals surface area contributed by atoms with Crippen LogP contribution >= 0.6 is 0 Å². The number of fused-ring (bicyclic) bond motifs is 1. The van der Waals surface area contributed by atoms with Gasteiger partial charge in [0.2, 0.25) is 0 Å². The molecule has 0 spiro atoms. The lowest BCUT2D eigenvalue weighted by Gasteiger charge is -2.09. The molecule has 4 aromatic carbocycles. The number of rotatable bonds is 6. The van der Waals surface area contributed by atoms with Gasteiger partial charge in [-0.1, -0.05) is 42.5 Å². The Hall–Kier alpha value is -4.19. The van der Waals surface area contributed by atoms with Gasteiger partial charge in [-0.15, -0.1) is 0 Å². The van der Waals surface area contributed by atoms with Crippen molar-refractivity contribution < 1.29 is 14.5 Å². The molecule has 0 atom stereocenters. The van der Waals surface area contributed by atoms with Crippen LogP contribution in [0.1, 0.15) is 0 Å². The van der Waals surface area contributed by atoms with Gasteiger partial charge in [0.25, 0.3) is 11.6 Å². The maximum absolute atomic E-state index is 12.2. The first kappa shape index (κ1) is 19.1. The number of benzene rings is 4. The molecule has 0 bridgehead atoms. The standard InChI is InChI=1S/C24H18N2O4/c27-24(16-30-23-14-9-17-3-1-2-4-20(17)15-23)25-21-10-5-18(6-11-21)19-7-12-22(13-8-19)26(28)29/h1-15H,16H2,(H,25,27). The number of nitrogens with zero attached hydrogens (tertiary/aromatic N) is 1. The summed E-state index contributed by atoms with van der Waals surface area (Å²) in [7, 11) is 0. The summed E-state index contributed by atoms with van der Waals surface area (Å²) in [4.78, 5) is 22.5. The van der Waals surface area contributed by atoms with Crippen LogP contribution in [0.2, 0.25) is 0 Å². The fraction of sp³-hybridized carbons (Fsp3) is 0.0417. The van der Waals surface area contributed by atoms with Crippen LogP contribution in [-0.2, 0) is 4.79 Å². The average Bonchev–Trinajstić information content (AvgIpc) is 2.78. The zero-order chi connectivity index (χ0) is 20.9. The van der Waals surface area contributed by atoms with E-state index in [0.717, 1.165) is 21.9 Å². The van der Waals surface area contributed by atoms with Crippen molar-refractivity contribution in [3.05, 3.63) is 101 Å². The van der Waals surface area contributed by atoms with Crippen molar-refractivity contribution in [1.82, 2.24) is 0 Å². The Kier molecular flexibility index (Phi) is 5.39. The Balaban J connectivity index is 1.35. The van der Waals surface area contributed by atoms with Gasteiger partial charge in [-0.25, -0.2) is 0 Å². The van der Waals surface area contributed by atoms with Crippen molar-refractivity contribution in [3.8, 4) is 16.9 Å². The number of nitro groups is 1. The monoisotopic (exact) mass is 398 g/mol. The van der Waals surface area contributed by atoms with Gasteiger partial charge in [0, 0.05) is 17.8 Å². The molecule has 4 aromatic rings. The molecule has 1 amide bonds. The van der Waals surface area contributed by atoms with E-state index in [4.69, 9.17) is 4.74 Å². The highest BCUT2D eigenvalue weighted by atomic mass is 16.6. The molecule has 6 nitrogen and oxygen atoms in total. The largest absolute Gasteiger partial charge is 0.484 e. The summed E-state index contributed by atoms with van der Waals surface area (Å²) in [6.07, 6.45) is 0. The quantitative estimate of drug-likeness (QED) is 0.347. The topological polar surface area (TPSA) is 81.5 Å². The Morgan fingerprint density at radius 2 is 1.47 bits per heavy atom. The fourth-order valence-corrected chi connectivity index (χ4v) is 3.12. The van der Waals surface area contributed by atoms with Crippen molar-refractivity contribution in [2.24, 2.45) is 0 Å². The first-order valence-electron chi connectivity index (χ1n) is 9.35. The number of ether oxygens (including phenoxy) is 1. The Bertz CT molecular complexity index is 1200. The van der Waals surface area contributed by atoms with E-state index in [-0.39, 0.29) is 18.2 Å². The first-order chi connectivity index (χ1) is 14.6. The fourth-order valence-electron chi connectivity index (χ4n) is 3.12. The molecule has 1 N–H and O–H groups in total. The zero-order valence-electron chi connectivity index (χ0n) is 15.9. The number of amides is 1. The number of carbonyl (C=O) groups excluding carboxylic acids is 1. The third-order valence-corrected chi connectivity index (χ3v) is 4.67. The summed E-state index contributed by atoms with van der Waals surface area (Å²) in [6, 6.07) is 27.2. The lowest BCUT2D eigenvalue weighted by atomic mass is 10.1. The molecule has 0 radical (unpaired) electrons. The van der Waals surface area contributed by atoms with E-state index in [1.165, 1.54) is 12.1 Å².